The van der Waals surface area contributed by atoms with Gasteiger partial charge in [0.25, 0.3) is 10.0 Å². The van der Waals surface area contributed by atoms with Crippen molar-refractivity contribution in [3.63, 3.8) is 0 Å². The Morgan fingerprint density at radius 3 is 2.59 bits per heavy atom. The van der Waals surface area contributed by atoms with Crippen molar-refractivity contribution >= 4 is 15.9 Å². The van der Waals surface area contributed by atoms with E-state index in [9.17, 15) is 17.6 Å². The van der Waals surface area contributed by atoms with Crippen LogP contribution >= 0.6 is 0 Å². The summed E-state index contributed by atoms with van der Waals surface area (Å²) in [4.78, 5) is 16.1. The minimum Gasteiger partial charge on any atom is -0.496 e. The number of carbonyl (C=O) groups excluding carboxylic acids is 1. The van der Waals surface area contributed by atoms with Gasteiger partial charge in [0.1, 0.15) is 11.6 Å². The van der Waals surface area contributed by atoms with Crippen molar-refractivity contribution in [2.75, 3.05) is 7.11 Å². The third-order valence-corrected chi connectivity index (χ3v) is 5.54. The van der Waals surface area contributed by atoms with Crippen LogP contribution < -0.4 is 9.46 Å². The first-order valence-electron chi connectivity index (χ1n) is 8.69. The molecular weight excluding hydrogens is 399 g/mol. The molecule has 0 spiro atoms. The molecule has 0 radical (unpaired) electrons. The second kappa shape index (κ2) is 8.44. The maximum absolute atomic E-state index is 13.0. The van der Waals surface area contributed by atoms with E-state index in [1.54, 1.807) is 19.1 Å². The first-order chi connectivity index (χ1) is 13.8. The van der Waals surface area contributed by atoms with Crippen molar-refractivity contribution in [1.29, 1.82) is 0 Å². The molecule has 1 amide bonds. The summed E-state index contributed by atoms with van der Waals surface area (Å²) >= 11 is 0. The van der Waals surface area contributed by atoms with Gasteiger partial charge in [0, 0.05) is 18.4 Å². The van der Waals surface area contributed by atoms with E-state index in [4.69, 9.17) is 9.15 Å². The van der Waals surface area contributed by atoms with Crippen LogP contribution in [0.3, 0.4) is 0 Å². The normalized spacial score (nSPS) is 11.3. The van der Waals surface area contributed by atoms with Crippen molar-refractivity contribution in [3.8, 4) is 17.1 Å². The van der Waals surface area contributed by atoms with E-state index in [2.05, 4.69) is 4.98 Å². The van der Waals surface area contributed by atoms with Gasteiger partial charge < -0.3 is 9.15 Å². The maximum Gasteiger partial charge on any atom is 0.264 e. The van der Waals surface area contributed by atoms with Gasteiger partial charge in [0.2, 0.25) is 5.91 Å². The Kier molecular flexibility index (Phi) is 5.97. The third kappa shape index (κ3) is 5.00. The number of halogens is 1. The molecule has 0 saturated heterocycles. The highest BCUT2D eigenvalue weighted by Crippen LogP contribution is 2.22. The van der Waals surface area contributed by atoms with Gasteiger partial charge in [-0.1, -0.05) is 0 Å². The number of hydrogen-bond acceptors (Lipinski definition) is 6. The molecule has 0 aliphatic heterocycles. The molecule has 9 heteroatoms. The summed E-state index contributed by atoms with van der Waals surface area (Å²) in [6.45, 7) is 1.71. The zero-order valence-corrected chi connectivity index (χ0v) is 16.6. The van der Waals surface area contributed by atoms with Crippen LogP contribution in [0.1, 0.15) is 17.9 Å². The topological polar surface area (TPSA) is 98.5 Å². The second-order valence-corrected chi connectivity index (χ2v) is 7.97. The minimum atomic E-state index is -3.99. The van der Waals surface area contributed by atoms with Gasteiger partial charge in [0.05, 0.1) is 18.2 Å². The van der Waals surface area contributed by atoms with Gasteiger partial charge in [-0.3, -0.25) is 4.79 Å². The lowest BCUT2D eigenvalue weighted by Crippen LogP contribution is -2.30. The van der Waals surface area contributed by atoms with Crippen LogP contribution in [0, 0.1) is 12.7 Å². The Balaban J connectivity index is 1.61. The number of hydrogen-bond donors (Lipinski definition) is 1. The lowest BCUT2D eigenvalue weighted by atomic mass is 10.2. The van der Waals surface area contributed by atoms with E-state index in [1.807, 2.05) is 4.72 Å². The van der Waals surface area contributed by atoms with Gasteiger partial charge in [-0.2, -0.15) is 0 Å². The highest BCUT2D eigenvalue weighted by molar-refractivity contribution is 7.90. The molecule has 1 heterocycles. The number of carbonyl (C=O) groups is 1. The number of aromatic nitrogens is 1. The lowest BCUT2D eigenvalue weighted by molar-refractivity contribution is -0.119. The Bertz CT molecular complexity index is 1120. The first kappa shape index (κ1) is 20.5. The van der Waals surface area contributed by atoms with Crippen LogP contribution in [-0.4, -0.2) is 26.4 Å². The predicted molar refractivity (Wildman–Crippen MR) is 103 cm³/mol. The lowest BCUT2D eigenvalue weighted by Gasteiger charge is -2.09. The zero-order valence-electron chi connectivity index (χ0n) is 15.8. The standard InChI is InChI=1S/C20H19FN2O5S/c1-13-11-16(7-8-17(13)27-2)29(25,26)23-19(24)9-10-20-22-12-18(28-20)14-3-5-15(21)6-4-14/h3-8,11-12H,9-10H2,1-2H3,(H,23,24). The van der Waals surface area contributed by atoms with E-state index in [0.29, 0.717) is 22.6 Å². The number of nitrogens with one attached hydrogen (secondary N) is 1. The monoisotopic (exact) mass is 418 g/mol. The van der Waals surface area contributed by atoms with Crippen LogP contribution in [0.15, 0.2) is 58.0 Å². The third-order valence-electron chi connectivity index (χ3n) is 4.17. The van der Waals surface area contributed by atoms with Crippen molar-refractivity contribution in [3.05, 3.63) is 65.9 Å². The van der Waals surface area contributed by atoms with E-state index in [-0.39, 0.29) is 29.4 Å². The highest BCUT2D eigenvalue weighted by Gasteiger charge is 2.19. The van der Waals surface area contributed by atoms with Gasteiger partial charge in [-0.05, 0) is 55.0 Å². The number of benzene rings is 2. The molecule has 2 aromatic carbocycles. The quantitative estimate of drug-likeness (QED) is 0.633. The van der Waals surface area contributed by atoms with E-state index < -0.39 is 15.9 Å². The number of sulfonamides is 1. The number of oxazole rings is 1. The van der Waals surface area contributed by atoms with Crippen molar-refractivity contribution in [1.82, 2.24) is 9.71 Å². The fraction of sp³-hybridized carbons (Fsp3) is 0.200. The number of rotatable bonds is 7. The summed E-state index contributed by atoms with van der Waals surface area (Å²) in [6, 6.07) is 10.0. The molecule has 152 valence electrons. The summed E-state index contributed by atoms with van der Waals surface area (Å²) in [5, 5.41) is 0. The van der Waals surface area contributed by atoms with E-state index >= 15 is 0 Å². The molecule has 0 aliphatic rings. The molecule has 1 aromatic heterocycles. The number of ether oxygens (including phenoxy) is 1. The van der Waals surface area contributed by atoms with Crippen LogP contribution in [0.2, 0.25) is 0 Å². The fourth-order valence-corrected chi connectivity index (χ4v) is 3.77. The average Bonchev–Trinajstić information content (AvgIpc) is 3.15. The fourth-order valence-electron chi connectivity index (χ4n) is 2.67. The van der Waals surface area contributed by atoms with Crippen molar-refractivity contribution < 1.29 is 26.8 Å². The average molecular weight is 418 g/mol. The predicted octanol–water partition coefficient (Wildman–Crippen LogP) is 3.24. The SMILES string of the molecule is COc1ccc(S(=O)(=O)NC(=O)CCc2ncc(-c3ccc(F)cc3)o2)cc1C. The molecule has 0 saturated carbocycles. The van der Waals surface area contributed by atoms with E-state index in [1.165, 1.54) is 43.6 Å². The first-order valence-corrected chi connectivity index (χ1v) is 10.2. The maximum atomic E-state index is 13.0. The molecule has 29 heavy (non-hydrogen) atoms. The Morgan fingerprint density at radius 2 is 1.93 bits per heavy atom. The molecule has 0 atom stereocenters. The molecule has 3 aromatic rings. The largest absolute Gasteiger partial charge is 0.496 e. The number of methoxy groups -OCH3 is 1. The van der Waals surface area contributed by atoms with Crippen molar-refractivity contribution in [2.45, 2.75) is 24.7 Å². The summed E-state index contributed by atoms with van der Waals surface area (Å²) in [5.74, 6) is 0.216. The van der Waals surface area contributed by atoms with Gasteiger partial charge in [-0.25, -0.2) is 22.5 Å². The smallest absolute Gasteiger partial charge is 0.264 e. The van der Waals surface area contributed by atoms with Crippen LogP contribution in [0.4, 0.5) is 4.39 Å². The number of amides is 1. The molecule has 3 rings (SSSR count). The molecule has 0 bridgehead atoms. The molecule has 0 unspecified atom stereocenters. The second-order valence-electron chi connectivity index (χ2n) is 6.29. The molecule has 1 N–H and O–H groups in total. The van der Waals surface area contributed by atoms with Gasteiger partial charge in [0.15, 0.2) is 11.7 Å². The van der Waals surface area contributed by atoms with Gasteiger partial charge in [-0.15, -0.1) is 0 Å². The number of nitrogens with zero attached hydrogens (tertiary/aromatic N) is 1. The van der Waals surface area contributed by atoms with E-state index in [0.717, 1.165) is 0 Å². The van der Waals surface area contributed by atoms with Crippen LogP contribution in [-0.2, 0) is 21.2 Å². The molecule has 0 fully saturated rings. The van der Waals surface area contributed by atoms with Crippen LogP contribution in [0.25, 0.3) is 11.3 Å². The summed E-state index contributed by atoms with van der Waals surface area (Å²) in [6.07, 6.45) is 1.46. The minimum absolute atomic E-state index is 0.0288. The van der Waals surface area contributed by atoms with Gasteiger partial charge >= 0.3 is 0 Å². The zero-order chi connectivity index (χ0) is 21.0. The Labute approximate surface area is 167 Å². The highest BCUT2D eigenvalue weighted by atomic mass is 32.2. The summed E-state index contributed by atoms with van der Waals surface area (Å²) < 4.78 is 50.4. The Morgan fingerprint density at radius 1 is 1.21 bits per heavy atom. The summed E-state index contributed by atoms with van der Waals surface area (Å²) in [5.41, 5.74) is 1.28. The molecular formula is C20H19FN2O5S. The number of aryl methyl sites for hydroxylation is 2. The summed E-state index contributed by atoms with van der Waals surface area (Å²) in [7, 11) is -2.51. The molecule has 0 aliphatic carbocycles. The van der Waals surface area contributed by atoms with Crippen LogP contribution in [0.5, 0.6) is 5.75 Å². The molecule has 7 nitrogen and oxygen atoms in total. The van der Waals surface area contributed by atoms with Crippen molar-refractivity contribution in [2.24, 2.45) is 0 Å². The Hall–Kier alpha value is -3.20.